The van der Waals surface area contributed by atoms with Crippen molar-refractivity contribution in [1.29, 1.82) is 0 Å². The maximum absolute atomic E-state index is 11.4. The van der Waals surface area contributed by atoms with Gasteiger partial charge in [0.1, 0.15) is 0 Å². The molecule has 0 radical (unpaired) electrons. The van der Waals surface area contributed by atoms with Crippen molar-refractivity contribution in [1.82, 2.24) is 0 Å². The van der Waals surface area contributed by atoms with Gasteiger partial charge >= 0.3 is 0 Å². The van der Waals surface area contributed by atoms with Gasteiger partial charge in [0.2, 0.25) is 0 Å². The summed E-state index contributed by atoms with van der Waals surface area (Å²) in [6.45, 7) is 0. The minimum absolute atomic E-state index is 0.0587. The smallest absolute Gasteiger partial charge is 0.0979 e. The van der Waals surface area contributed by atoms with Crippen LogP contribution in [-0.2, 0) is 5.60 Å². The summed E-state index contributed by atoms with van der Waals surface area (Å²) in [5, 5.41) is 12.6. The molecule has 0 spiro atoms. The Kier molecular flexibility index (Phi) is 4.26. The van der Waals surface area contributed by atoms with E-state index in [1.165, 1.54) is 0 Å². The van der Waals surface area contributed by atoms with E-state index in [0.29, 0.717) is 16.5 Å². The minimum atomic E-state index is -0.943. The summed E-state index contributed by atoms with van der Waals surface area (Å²) in [5.41, 5.74) is 0.975. The van der Waals surface area contributed by atoms with Crippen molar-refractivity contribution in [2.45, 2.75) is 37.2 Å². The molecule has 110 valence electrons. The highest BCUT2D eigenvalue weighted by molar-refractivity contribution is 6.33. The molecule has 1 N–H and O–H groups in total. The molecule has 0 heterocycles. The van der Waals surface area contributed by atoms with Crippen LogP contribution in [0.25, 0.3) is 0 Å². The van der Waals surface area contributed by atoms with Gasteiger partial charge in [0.25, 0.3) is 0 Å². The van der Waals surface area contributed by atoms with E-state index in [2.05, 4.69) is 12.1 Å². The molecule has 0 bridgehead atoms. The molecule has 1 saturated carbocycles. The van der Waals surface area contributed by atoms with Crippen LogP contribution in [0.5, 0.6) is 0 Å². The summed E-state index contributed by atoms with van der Waals surface area (Å²) in [7, 11) is 0. The van der Waals surface area contributed by atoms with Gasteiger partial charge in [-0.3, -0.25) is 0 Å². The van der Waals surface area contributed by atoms with E-state index in [1.807, 2.05) is 24.3 Å². The summed E-state index contributed by atoms with van der Waals surface area (Å²) in [4.78, 5) is 0. The predicted octanol–water partition coefficient (Wildman–Crippen LogP) is 5.54. The molecule has 3 heteroatoms. The first-order chi connectivity index (χ1) is 10.1. The lowest BCUT2D eigenvalue weighted by Crippen LogP contribution is -2.36. The molecule has 21 heavy (non-hydrogen) atoms. The van der Waals surface area contributed by atoms with Crippen LogP contribution in [0.1, 0.15) is 42.7 Å². The van der Waals surface area contributed by atoms with E-state index in [9.17, 15) is 5.11 Å². The molecular formula is C18H18Cl2O. The zero-order valence-corrected chi connectivity index (χ0v) is 13.2. The zero-order valence-electron chi connectivity index (χ0n) is 11.7. The predicted molar refractivity (Wildman–Crippen MR) is 88.0 cm³/mol. The van der Waals surface area contributed by atoms with Crippen LogP contribution in [0.3, 0.4) is 0 Å². The Bertz CT molecular complexity index is 626. The molecule has 1 aliphatic rings. The minimum Gasteiger partial charge on any atom is -0.384 e. The Labute approximate surface area is 135 Å². The van der Waals surface area contributed by atoms with Crippen molar-refractivity contribution in [2.75, 3.05) is 0 Å². The molecule has 3 rings (SSSR count). The number of hydrogen-bond donors (Lipinski definition) is 1. The van der Waals surface area contributed by atoms with Gasteiger partial charge in [0, 0.05) is 21.5 Å². The van der Waals surface area contributed by atoms with Crippen LogP contribution in [0.4, 0.5) is 0 Å². The number of halogens is 2. The van der Waals surface area contributed by atoms with Crippen molar-refractivity contribution in [3.63, 3.8) is 0 Å². The lowest BCUT2D eigenvalue weighted by molar-refractivity contribution is -0.0223. The van der Waals surface area contributed by atoms with Crippen molar-refractivity contribution < 1.29 is 5.11 Å². The van der Waals surface area contributed by atoms with Crippen LogP contribution in [0, 0.1) is 0 Å². The van der Waals surface area contributed by atoms with Crippen molar-refractivity contribution in [2.24, 2.45) is 0 Å². The highest BCUT2D eigenvalue weighted by Crippen LogP contribution is 2.49. The number of benzene rings is 2. The maximum atomic E-state index is 11.4. The highest BCUT2D eigenvalue weighted by Gasteiger charge is 2.42. The van der Waals surface area contributed by atoms with E-state index in [-0.39, 0.29) is 5.92 Å². The third kappa shape index (κ3) is 2.83. The standard InChI is InChI=1S/C18H18Cl2O/c19-14-9-10-17(20)16(12-14)18(21)11-5-4-8-15(18)13-6-2-1-3-7-13/h1-3,6-7,9-10,12,15,21H,4-5,8,11H2. The number of aliphatic hydroxyl groups is 1. The number of rotatable bonds is 2. The molecule has 2 aromatic carbocycles. The molecule has 2 unspecified atom stereocenters. The average Bonchev–Trinajstić information content (AvgIpc) is 2.51. The molecule has 1 nitrogen and oxygen atoms in total. The second-order valence-corrected chi connectivity index (χ2v) is 6.60. The van der Waals surface area contributed by atoms with Crippen LogP contribution in [0.2, 0.25) is 10.0 Å². The molecule has 2 atom stereocenters. The first kappa shape index (κ1) is 14.9. The van der Waals surface area contributed by atoms with E-state index in [0.717, 1.165) is 30.4 Å². The summed E-state index contributed by atoms with van der Waals surface area (Å²) >= 11 is 12.5. The third-order valence-corrected chi connectivity index (χ3v) is 5.04. The molecular weight excluding hydrogens is 303 g/mol. The van der Waals surface area contributed by atoms with Crippen LogP contribution in [-0.4, -0.2) is 5.11 Å². The van der Waals surface area contributed by atoms with Gasteiger partial charge in [-0.25, -0.2) is 0 Å². The Morgan fingerprint density at radius 3 is 2.52 bits per heavy atom. The van der Waals surface area contributed by atoms with E-state index < -0.39 is 5.60 Å². The average molecular weight is 321 g/mol. The lowest BCUT2D eigenvalue weighted by Gasteiger charge is -2.41. The zero-order chi connectivity index (χ0) is 14.9. The molecule has 0 saturated heterocycles. The van der Waals surface area contributed by atoms with Crippen molar-refractivity contribution in [3.8, 4) is 0 Å². The fourth-order valence-electron chi connectivity index (χ4n) is 3.44. The molecule has 1 aliphatic carbocycles. The first-order valence-electron chi connectivity index (χ1n) is 7.34. The quantitative estimate of drug-likeness (QED) is 0.770. The maximum Gasteiger partial charge on any atom is 0.0979 e. The summed E-state index contributed by atoms with van der Waals surface area (Å²) in [5.74, 6) is 0.0587. The SMILES string of the molecule is OC1(c2cc(Cl)ccc2Cl)CCCCC1c1ccccc1. The third-order valence-electron chi connectivity index (χ3n) is 4.47. The number of hydrogen-bond acceptors (Lipinski definition) is 1. The Balaban J connectivity index is 2.09. The molecule has 0 amide bonds. The van der Waals surface area contributed by atoms with E-state index in [1.54, 1.807) is 12.1 Å². The summed E-state index contributed by atoms with van der Waals surface area (Å²) in [6.07, 6.45) is 3.80. The van der Waals surface area contributed by atoms with Gasteiger partial charge in [-0.15, -0.1) is 0 Å². The van der Waals surface area contributed by atoms with Gasteiger partial charge in [0.15, 0.2) is 0 Å². The van der Waals surface area contributed by atoms with E-state index in [4.69, 9.17) is 23.2 Å². The topological polar surface area (TPSA) is 20.2 Å². The second kappa shape index (κ2) is 6.00. The Hall–Kier alpha value is -1.02. The summed E-state index contributed by atoms with van der Waals surface area (Å²) < 4.78 is 0. The molecule has 2 aromatic rings. The van der Waals surface area contributed by atoms with Crippen LogP contribution < -0.4 is 0 Å². The second-order valence-electron chi connectivity index (χ2n) is 5.76. The highest BCUT2D eigenvalue weighted by atomic mass is 35.5. The monoisotopic (exact) mass is 320 g/mol. The molecule has 0 aliphatic heterocycles. The molecule has 0 aromatic heterocycles. The largest absolute Gasteiger partial charge is 0.384 e. The normalized spacial score (nSPS) is 25.8. The van der Waals surface area contributed by atoms with Crippen molar-refractivity contribution in [3.05, 3.63) is 69.7 Å². The fourth-order valence-corrected chi connectivity index (χ4v) is 3.89. The van der Waals surface area contributed by atoms with Crippen LogP contribution >= 0.6 is 23.2 Å². The van der Waals surface area contributed by atoms with E-state index >= 15 is 0 Å². The van der Waals surface area contributed by atoms with Crippen LogP contribution in [0.15, 0.2) is 48.5 Å². The van der Waals surface area contributed by atoms with Gasteiger partial charge in [0.05, 0.1) is 5.60 Å². The van der Waals surface area contributed by atoms with Gasteiger partial charge in [-0.05, 0) is 36.6 Å². The van der Waals surface area contributed by atoms with Gasteiger partial charge < -0.3 is 5.11 Å². The fraction of sp³-hybridized carbons (Fsp3) is 0.333. The molecule has 1 fully saturated rings. The Morgan fingerprint density at radius 1 is 1.00 bits per heavy atom. The van der Waals surface area contributed by atoms with Crippen molar-refractivity contribution >= 4 is 23.2 Å². The van der Waals surface area contributed by atoms with Gasteiger partial charge in [-0.2, -0.15) is 0 Å². The summed E-state index contributed by atoms with van der Waals surface area (Å²) in [6, 6.07) is 15.5. The Morgan fingerprint density at radius 2 is 1.76 bits per heavy atom. The lowest BCUT2D eigenvalue weighted by atomic mass is 9.68. The van der Waals surface area contributed by atoms with Gasteiger partial charge in [-0.1, -0.05) is 66.4 Å². The first-order valence-corrected chi connectivity index (χ1v) is 8.10.